The van der Waals surface area contributed by atoms with Crippen molar-refractivity contribution in [3.05, 3.63) is 0 Å². The molecule has 0 aromatic carbocycles. The maximum atomic E-state index is 11.2. The van der Waals surface area contributed by atoms with E-state index in [0.29, 0.717) is 12.6 Å². The van der Waals surface area contributed by atoms with Crippen LogP contribution in [-0.4, -0.2) is 42.4 Å². The maximum Gasteiger partial charge on any atom is 0.320 e. The highest BCUT2D eigenvalue weighted by Gasteiger charge is 2.31. The topological polar surface area (TPSA) is 29.5 Å². The van der Waals surface area contributed by atoms with E-state index in [0.717, 1.165) is 5.92 Å². The first-order valence-corrected chi connectivity index (χ1v) is 5.90. The molecule has 0 radical (unpaired) electrons. The quantitative estimate of drug-likeness (QED) is 0.558. The lowest BCUT2D eigenvalue weighted by atomic mass is 10.2. The SMILES string of the molecule is COC(=O)C(Br)CN(C)C(C)C1CC1. The predicted molar refractivity (Wildman–Crippen MR) is 59.5 cm³/mol. The van der Waals surface area contributed by atoms with Gasteiger partial charge in [-0.15, -0.1) is 0 Å². The van der Waals surface area contributed by atoms with Crippen LogP contribution in [0.25, 0.3) is 0 Å². The van der Waals surface area contributed by atoms with E-state index in [4.69, 9.17) is 0 Å². The van der Waals surface area contributed by atoms with Gasteiger partial charge in [0.25, 0.3) is 0 Å². The molecule has 0 spiro atoms. The van der Waals surface area contributed by atoms with Crippen molar-refractivity contribution in [2.45, 2.75) is 30.6 Å². The van der Waals surface area contributed by atoms with Gasteiger partial charge >= 0.3 is 5.97 Å². The molecule has 1 fully saturated rings. The Morgan fingerprint density at radius 3 is 2.64 bits per heavy atom. The molecule has 0 heterocycles. The van der Waals surface area contributed by atoms with Gasteiger partial charge in [-0.25, -0.2) is 0 Å². The van der Waals surface area contributed by atoms with E-state index in [-0.39, 0.29) is 10.8 Å². The van der Waals surface area contributed by atoms with Crippen LogP contribution in [0, 0.1) is 5.92 Å². The Kier molecular flexibility index (Phi) is 4.38. The van der Waals surface area contributed by atoms with Crippen molar-refractivity contribution >= 4 is 21.9 Å². The third kappa shape index (κ3) is 3.24. The molecule has 0 bridgehead atoms. The molecule has 2 atom stereocenters. The van der Waals surface area contributed by atoms with E-state index in [1.807, 2.05) is 0 Å². The summed E-state index contributed by atoms with van der Waals surface area (Å²) in [5.41, 5.74) is 0. The second-order valence-corrected chi connectivity index (χ2v) is 5.11. The number of ether oxygens (including phenoxy) is 1. The Morgan fingerprint density at radius 1 is 1.64 bits per heavy atom. The van der Waals surface area contributed by atoms with Gasteiger partial charge in [0.05, 0.1) is 7.11 Å². The smallest absolute Gasteiger partial charge is 0.320 e. The number of hydrogen-bond donors (Lipinski definition) is 0. The number of rotatable bonds is 5. The molecule has 1 rings (SSSR count). The van der Waals surface area contributed by atoms with Crippen molar-refractivity contribution in [1.29, 1.82) is 0 Å². The third-order valence-corrected chi connectivity index (χ3v) is 3.57. The maximum absolute atomic E-state index is 11.2. The van der Waals surface area contributed by atoms with Gasteiger partial charge in [0, 0.05) is 12.6 Å². The van der Waals surface area contributed by atoms with E-state index in [1.54, 1.807) is 0 Å². The minimum absolute atomic E-state index is 0.195. The van der Waals surface area contributed by atoms with Gasteiger partial charge in [-0.3, -0.25) is 4.79 Å². The van der Waals surface area contributed by atoms with Gasteiger partial charge in [0.1, 0.15) is 4.83 Å². The van der Waals surface area contributed by atoms with Crippen molar-refractivity contribution in [3.8, 4) is 0 Å². The van der Waals surface area contributed by atoms with Crippen LogP contribution in [0.3, 0.4) is 0 Å². The minimum Gasteiger partial charge on any atom is -0.468 e. The number of methoxy groups -OCH3 is 1. The second kappa shape index (κ2) is 5.12. The highest BCUT2D eigenvalue weighted by Crippen LogP contribution is 2.34. The van der Waals surface area contributed by atoms with Crippen molar-refractivity contribution in [2.75, 3.05) is 20.7 Å². The molecule has 2 unspecified atom stereocenters. The Morgan fingerprint density at radius 2 is 2.21 bits per heavy atom. The predicted octanol–water partition coefficient (Wildman–Crippen LogP) is 1.65. The van der Waals surface area contributed by atoms with Gasteiger partial charge in [0.15, 0.2) is 0 Å². The molecule has 0 N–H and O–H groups in total. The van der Waals surface area contributed by atoms with Gasteiger partial charge in [0.2, 0.25) is 0 Å². The average molecular weight is 264 g/mol. The molecule has 1 aliphatic rings. The van der Waals surface area contributed by atoms with Gasteiger partial charge in [-0.05, 0) is 32.7 Å². The molecule has 0 saturated heterocycles. The van der Waals surface area contributed by atoms with Crippen LogP contribution in [0.2, 0.25) is 0 Å². The van der Waals surface area contributed by atoms with Gasteiger partial charge in [-0.2, -0.15) is 0 Å². The van der Waals surface area contributed by atoms with E-state index in [9.17, 15) is 4.79 Å². The number of hydrogen-bond acceptors (Lipinski definition) is 3. The molecule has 4 heteroatoms. The summed E-state index contributed by atoms with van der Waals surface area (Å²) in [7, 11) is 3.47. The van der Waals surface area contributed by atoms with Crippen molar-refractivity contribution in [3.63, 3.8) is 0 Å². The van der Waals surface area contributed by atoms with Crippen LogP contribution in [0.15, 0.2) is 0 Å². The molecule has 0 aliphatic heterocycles. The van der Waals surface area contributed by atoms with Crippen LogP contribution in [0.1, 0.15) is 19.8 Å². The Balaban J connectivity index is 2.31. The van der Waals surface area contributed by atoms with Crippen molar-refractivity contribution in [1.82, 2.24) is 4.90 Å². The number of carbonyl (C=O) groups is 1. The largest absolute Gasteiger partial charge is 0.468 e. The first-order valence-electron chi connectivity index (χ1n) is 4.98. The highest BCUT2D eigenvalue weighted by molar-refractivity contribution is 9.10. The van der Waals surface area contributed by atoms with Crippen molar-refractivity contribution in [2.24, 2.45) is 5.92 Å². The fraction of sp³-hybridized carbons (Fsp3) is 0.900. The van der Waals surface area contributed by atoms with E-state index < -0.39 is 0 Å². The number of halogens is 1. The Labute approximate surface area is 93.9 Å². The zero-order chi connectivity index (χ0) is 10.7. The molecular weight excluding hydrogens is 246 g/mol. The number of alkyl halides is 1. The zero-order valence-corrected chi connectivity index (χ0v) is 10.6. The van der Waals surface area contributed by atoms with Gasteiger partial charge < -0.3 is 9.64 Å². The lowest BCUT2D eigenvalue weighted by molar-refractivity contribution is -0.140. The van der Waals surface area contributed by atoms with E-state index in [2.05, 4.69) is 39.5 Å². The standard InChI is InChI=1S/C10H18BrNO2/c1-7(8-4-5-8)12(2)6-9(11)10(13)14-3/h7-9H,4-6H2,1-3H3. The molecule has 14 heavy (non-hydrogen) atoms. The first kappa shape index (κ1) is 12.0. The van der Waals surface area contributed by atoms with E-state index in [1.165, 1.54) is 20.0 Å². The minimum atomic E-state index is -0.210. The summed E-state index contributed by atoms with van der Waals surface area (Å²) >= 11 is 3.33. The fourth-order valence-electron chi connectivity index (χ4n) is 1.56. The second-order valence-electron chi connectivity index (χ2n) is 4.01. The summed E-state index contributed by atoms with van der Waals surface area (Å²) in [6.07, 6.45) is 2.66. The monoisotopic (exact) mass is 263 g/mol. The van der Waals surface area contributed by atoms with E-state index >= 15 is 0 Å². The molecule has 1 aliphatic carbocycles. The van der Waals surface area contributed by atoms with Crippen LogP contribution >= 0.6 is 15.9 Å². The lowest BCUT2D eigenvalue weighted by Gasteiger charge is -2.25. The van der Waals surface area contributed by atoms with Crippen LogP contribution in [0.5, 0.6) is 0 Å². The Bertz CT molecular complexity index is 206. The average Bonchev–Trinajstić information content (AvgIpc) is 2.98. The molecule has 3 nitrogen and oxygen atoms in total. The van der Waals surface area contributed by atoms with Crippen LogP contribution in [0.4, 0.5) is 0 Å². The highest BCUT2D eigenvalue weighted by atomic mass is 79.9. The number of esters is 1. The first-order chi connectivity index (χ1) is 6.56. The van der Waals surface area contributed by atoms with Crippen molar-refractivity contribution < 1.29 is 9.53 Å². The number of nitrogens with zero attached hydrogens (tertiary/aromatic N) is 1. The summed E-state index contributed by atoms with van der Waals surface area (Å²) in [4.78, 5) is 13.2. The van der Waals surface area contributed by atoms with Crippen LogP contribution < -0.4 is 0 Å². The lowest BCUT2D eigenvalue weighted by Crippen LogP contribution is -2.38. The molecule has 82 valence electrons. The molecule has 0 aromatic heterocycles. The van der Waals surface area contributed by atoms with Gasteiger partial charge in [-0.1, -0.05) is 15.9 Å². The molecule has 1 saturated carbocycles. The van der Waals surface area contributed by atoms with Crippen LogP contribution in [-0.2, 0) is 9.53 Å². The summed E-state index contributed by atoms with van der Waals surface area (Å²) < 4.78 is 4.66. The Hall–Kier alpha value is -0.0900. The molecule has 0 amide bonds. The summed E-state index contributed by atoms with van der Waals surface area (Å²) in [5, 5.41) is 0. The normalized spacial score (nSPS) is 20.6. The number of carbonyl (C=O) groups excluding carboxylic acids is 1. The fourth-order valence-corrected chi connectivity index (χ4v) is 2.20. The third-order valence-electron chi connectivity index (χ3n) is 2.90. The summed E-state index contributed by atoms with van der Waals surface area (Å²) in [5.74, 6) is 0.636. The molecule has 0 aromatic rings. The summed E-state index contributed by atoms with van der Waals surface area (Å²) in [6, 6.07) is 0.569. The summed E-state index contributed by atoms with van der Waals surface area (Å²) in [6.45, 7) is 2.93. The molecular formula is C10H18BrNO2. The zero-order valence-electron chi connectivity index (χ0n) is 9.00.